The molecule has 0 bridgehead atoms. The fraction of sp³-hybridized carbons (Fsp3) is 0.350. The van der Waals surface area contributed by atoms with Crippen LogP contribution < -0.4 is 0 Å². The number of sulfone groups is 1. The Bertz CT molecular complexity index is 791. The Hall–Kier alpha value is -2.14. The van der Waals surface area contributed by atoms with Crippen molar-refractivity contribution in [1.82, 2.24) is 0 Å². The van der Waals surface area contributed by atoms with E-state index in [1.807, 2.05) is 13.8 Å². The van der Waals surface area contributed by atoms with E-state index in [4.69, 9.17) is 4.74 Å². The Morgan fingerprint density at radius 2 is 1.64 bits per heavy atom. The Kier molecular flexibility index (Phi) is 6.76. The lowest BCUT2D eigenvalue weighted by Gasteiger charge is -2.07. The molecule has 0 radical (unpaired) electrons. The second-order valence-electron chi connectivity index (χ2n) is 6.07. The molecule has 0 atom stereocenters. The summed E-state index contributed by atoms with van der Waals surface area (Å²) < 4.78 is 29.9. The number of benzene rings is 2. The minimum Gasteiger partial charge on any atom is -0.462 e. The number of rotatable bonds is 8. The first-order chi connectivity index (χ1) is 11.9. The van der Waals surface area contributed by atoms with Crippen LogP contribution >= 0.6 is 0 Å². The SMILES string of the molecule is CCCCOC(=O)c1ccc(CCS(=O)(=O)c2ccc(C)cc2)cc1. The van der Waals surface area contributed by atoms with Crippen LogP contribution in [0.2, 0.25) is 0 Å². The zero-order valence-electron chi connectivity index (χ0n) is 14.7. The maximum atomic E-state index is 12.4. The predicted octanol–water partition coefficient (Wildman–Crippen LogP) is 3.97. The average molecular weight is 360 g/mol. The molecule has 2 rings (SSSR count). The highest BCUT2D eigenvalue weighted by molar-refractivity contribution is 7.91. The highest BCUT2D eigenvalue weighted by Gasteiger charge is 2.14. The minimum absolute atomic E-state index is 0.0380. The maximum absolute atomic E-state index is 12.4. The molecule has 0 fully saturated rings. The van der Waals surface area contributed by atoms with Crippen molar-refractivity contribution in [3.8, 4) is 0 Å². The molecule has 5 heteroatoms. The molecular weight excluding hydrogens is 336 g/mol. The number of carbonyl (C=O) groups excluding carboxylic acids is 1. The Labute approximate surface area is 149 Å². The molecular formula is C20H24O4S. The molecule has 0 aliphatic rings. The quantitative estimate of drug-likeness (QED) is 0.528. The van der Waals surface area contributed by atoms with Gasteiger partial charge in [-0.25, -0.2) is 13.2 Å². The van der Waals surface area contributed by atoms with Crippen LogP contribution in [0.4, 0.5) is 0 Å². The van der Waals surface area contributed by atoms with E-state index in [9.17, 15) is 13.2 Å². The molecule has 25 heavy (non-hydrogen) atoms. The van der Waals surface area contributed by atoms with Crippen molar-refractivity contribution in [2.45, 2.75) is 38.0 Å². The summed E-state index contributed by atoms with van der Waals surface area (Å²) in [7, 11) is -3.31. The zero-order chi connectivity index (χ0) is 18.3. The lowest BCUT2D eigenvalue weighted by Crippen LogP contribution is -2.10. The van der Waals surface area contributed by atoms with E-state index in [0.29, 0.717) is 23.5 Å². The molecule has 2 aromatic carbocycles. The van der Waals surface area contributed by atoms with Gasteiger partial charge in [0.2, 0.25) is 0 Å². The lowest BCUT2D eigenvalue weighted by molar-refractivity contribution is 0.0499. The van der Waals surface area contributed by atoms with Gasteiger partial charge in [0.05, 0.1) is 22.8 Å². The maximum Gasteiger partial charge on any atom is 0.338 e. The highest BCUT2D eigenvalue weighted by Crippen LogP contribution is 2.15. The molecule has 0 aliphatic heterocycles. The third kappa shape index (κ3) is 5.71. The predicted molar refractivity (Wildman–Crippen MR) is 98.6 cm³/mol. The fourth-order valence-electron chi connectivity index (χ4n) is 2.32. The van der Waals surface area contributed by atoms with Crippen molar-refractivity contribution >= 4 is 15.8 Å². The molecule has 4 nitrogen and oxygen atoms in total. The summed E-state index contributed by atoms with van der Waals surface area (Å²) in [5.41, 5.74) is 2.39. The summed E-state index contributed by atoms with van der Waals surface area (Å²) in [5, 5.41) is 0. The van der Waals surface area contributed by atoms with Crippen LogP contribution in [0.3, 0.4) is 0 Å². The van der Waals surface area contributed by atoms with Gasteiger partial charge < -0.3 is 4.74 Å². The van der Waals surface area contributed by atoms with Crippen LogP contribution in [0.15, 0.2) is 53.4 Å². The van der Waals surface area contributed by atoms with Crippen LogP contribution in [0.25, 0.3) is 0 Å². The topological polar surface area (TPSA) is 60.4 Å². The number of hydrogen-bond donors (Lipinski definition) is 0. The fourth-order valence-corrected chi connectivity index (χ4v) is 3.61. The molecule has 0 saturated carbocycles. The first-order valence-electron chi connectivity index (χ1n) is 8.48. The molecule has 0 amide bonds. The summed E-state index contributed by atoms with van der Waals surface area (Å²) in [5.74, 6) is -0.302. The summed E-state index contributed by atoms with van der Waals surface area (Å²) in [4.78, 5) is 12.2. The van der Waals surface area contributed by atoms with E-state index >= 15 is 0 Å². The van der Waals surface area contributed by atoms with Gasteiger partial charge in [0, 0.05) is 0 Å². The van der Waals surface area contributed by atoms with Crippen molar-refractivity contribution in [3.63, 3.8) is 0 Å². The van der Waals surface area contributed by atoms with Gasteiger partial charge in [0.15, 0.2) is 9.84 Å². The number of aryl methyl sites for hydroxylation is 2. The van der Waals surface area contributed by atoms with Crippen LogP contribution in [-0.2, 0) is 21.0 Å². The zero-order valence-corrected chi connectivity index (χ0v) is 15.5. The third-order valence-electron chi connectivity index (χ3n) is 3.96. The van der Waals surface area contributed by atoms with E-state index < -0.39 is 9.84 Å². The number of esters is 1. The molecule has 0 saturated heterocycles. The standard InChI is InChI=1S/C20H24O4S/c1-3-4-14-24-20(21)18-9-7-17(8-10-18)13-15-25(22,23)19-11-5-16(2)6-12-19/h5-12H,3-4,13-15H2,1-2H3. The van der Waals surface area contributed by atoms with Gasteiger partial charge >= 0.3 is 5.97 Å². The molecule has 2 aromatic rings. The smallest absolute Gasteiger partial charge is 0.338 e. The Morgan fingerprint density at radius 1 is 1.00 bits per heavy atom. The number of hydrogen-bond acceptors (Lipinski definition) is 4. The molecule has 0 aliphatic carbocycles. The van der Waals surface area contributed by atoms with Crippen molar-refractivity contribution in [3.05, 3.63) is 65.2 Å². The van der Waals surface area contributed by atoms with E-state index in [1.165, 1.54) is 0 Å². The first kappa shape index (κ1) is 19.2. The summed E-state index contributed by atoms with van der Waals surface area (Å²) in [6.45, 7) is 4.38. The highest BCUT2D eigenvalue weighted by atomic mass is 32.2. The summed E-state index contributed by atoms with van der Waals surface area (Å²) in [6, 6.07) is 13.8. The molecule has 0 unspecified atom stereocenters. The molecule has 134 valence electrons. The largest absolute Gasteiger partial charge is 0.462 e. The van der Waals surface area contributed by atoms with Crippen molar-refractivity contribution < 1.29 is 17.9 Å². The Morgan fingerprint density at radius 3 is 2.24 bits per heavy atom. The van der Waals surface area contributed by atoms with Gasteiger partial charge in [-0.2, -0.15) is 0 Å². The number of unbranched alkanes of at least 4 members (excludes halogenated alkanes) is 1. The third-order valence-corrected chi connectivity index (χ3v) is 5.69. The van der Waals surface area contributed by atoms with E-state index in [-0.39, 0.29) is 11.7 Å². The number of ether oxygens (including phenoxy) is 1. The number of carbonyl (C=O) groups is 1. The van der Waals surface area contributed by atoms with Crippen molar-refractivity contribution in [2.75, 3.05) is 12.4 Å². The monoisotopic (exact) mass is 360 g/mol. The van der Waals surface area contributed by atoms with Crippen molar-refractivity contribution in [1.29, 1.82) is 0 Å². The van der Waals surface area contributed by atoms with Gasteiger partial charge in [-0.1, -0.05) is 43.2 Å². The van der Waals surface area contributed by atoms with Crippen LogP contribution in [0.5, 0.6) is 0 Å². The average Bonchev–Trinajstić information content (AvgIpc) is 2.61. The minimum atomic E-state index is -3.31. The molecule has 0 aromatic heterocycles. The van der Waals surface area contributed by atoms with E-state index in [0.717, 1.165) is 24.0 Å². The molecule has 0 N–H and O–H groups in total. The first-order valence-corrected chi connectivity index (χ1v) is 10.1. The van der Waals surface area contributed by atoms with E-state index in [2.05, 4.69) is 0 Å². The second-order valence-corrected chi connectivity index (χ2v) is 8.18. The summed E-state index contributed by atoms with van der Waals surface area (Å²) in [6.07, 6.45) is 2.23. The molecule has 0 spiro atoms. The van der Waals surface area contributed by atoms with Crippen LogP contribution in [0, 0.1) is 6.92 Å². The summed E-state index contributed by atoms with van der Waals surface area (Å²) >= 11 is 0. The van der Waals surface area contributed by atoms with Gasteiger partial charge in [-0.3, -0.25) is 0 Å². The van der Waals surface area contributed by atoms with Gasteiger partial charge in [-0.15, -0.1) is 0 Å². The van der Waals surface area contributed by atoms with Crippen LogP contribution in [0.1, 0.15) is 41.3 Å². The van der Waals surface area contributed by atoms with Gasteiger partial charge in [-0.05, 0) is 49.6 Å². The van der Waals surface area contributed by atoms with Gasteiger partial charge in [0.1, 0.15) is 0 Å². The van der Waals surface area contributed by atoms with Gasteiger partial charge in [0.25, 0.3) is 0 Å². The van der Waals surface area contributed by atoms with Crippen LogP contribution in [-0.4, -0.2) is 26.7 Å². The Balaban J connectivity index is 1.95. The van der Waals surface area contributed by atoms with Crippen molar-refractivity contribution in [2.24, 2.45) is 0 Å². The lowest BCUT2D eigenvalue weighted by atomic mass is 10.1. The molecule has 0 heterocycles. The normalized spacial score (nSPS) is 11.3. The second kappa shape index (κ2) is 8.81. The van der Waals surface area contributed by atoms with E-state index in [1.54, 1.807) is 48.5 Å².